The zero-order chi connectivity index (χ0) is 17.4. The van der Waals surface area contributed by atoms with Crippen LogP contribution in [0.2, 0.25) is 0 Å². The number of hydrogen-bond donors (Lipinski definition) is 0. The quantitative estimate of drug-likeness (QED) is 0.849. The third kappa shape index (κ3) is 2.79. The number of hydrogen-bond acceptors (Lipinski definition) is 3. The molecule has 1 aliphatic rings. The Hall–Kier alpha value is -2.63. The van der Waals surface area contributed by atoms with Gasteiger partial charge in [0.25, 0.3) is 11.8 Å². The molecule has 1 aliphatic heterocycles. The van der Waals surface area contributed by atoms with Gasteiger partial charge in [0.1, 0.15) is 11.5 Å². The number of aryl methyl sites for hydroxylation is 1. The summed E-state index contributed by atoms with van der Waals surface area (Å²) in [6.45, 7) is 5.18. The molecule has 6 heteroatoms. The molecule has 6 nitrogen and oxygen atoms in total. The standard InChI is InChI=1S/C18H22N4O2/c1-12-6-5-7-14(10-12)17(23)22-9-8-21-11-15(18(24)20(3)4)19-16(21)13(22)2/h5-7,10-11,13H,8-9H2,1-4H3/t13-/m0/s1. The summed E-state index contributed by atoms with van der Waals surface area (Å²) in [5, 5.41) is 0. The maximum Gasteiger partial charge on any atom is 0.273 e. The average Bonchev–Trinajstić information content (AvgIpc) is 2.99. The molecule has 0 saturated heterocycles. The van der Waals surface area contributed by atoms with Crippen LogP contribution in [0.3, 0.4) is 0 Å². The van der Waals surface area contributed by atoms with Crippen LogP contribution >= 0.6 is 0 Å². The molecule has 0 saturated carbocycles. The molecule has 2 aromatic rings. The Labute approximate surface area is 141 Å². The summed E-state index contributed by atoms with van der Waals surface area (Å²) in [4.78, 5) is 32.8. The van der Waals surface area contributed by atoms with E-state index in [9.17, 15) is 9.59 Å². The molecule has 24 heavy (non-hydrogen) atoms. The zero-order valence-electron chi connectivity index (χ0n) is 14.5. The number of benzene rings is 1. The number of imidazole rings is 1. The van der Waals surface area contributed by atoms with E-state index in [2.05, 4.69) is 4.98 Å². The number of amides is 2. The summed E-state index contributed by atoms with van der Waals surface area (Å²) in [7, 11) is 3.41. The van der Waals surface area contributed by atoms with Crippen LogP contribution in [0.1, 0.15) is 45.2 Å². The maximum atomic E-state index is 12.8. The minimum atomic E-state index is -0.171. The summed E-state index contributed by atoms with van der Waals surface area (Å²) < 4.78 is 1.97. The topological polar surface area (TPSA) is 58.4 Å². The highest BCUT2D eigenvalue weighted by molar-refractivity contribution is 5.95. The van der Waals surface area contributed by atoms with Gasteiger partial charge in [0.2, 0.25) is 0 Å². The van der Waals surface area contributed by atoms with Gasteiger partial charge in [-0.05, 0) is 26.0 Å². The van der Waals surface area contributed by atoms with E-state index >= 15 is 0 Å². The molecular formula is C18H22N4O2. The van der Waals surface area contributed by atoms with Crippen molar-refractivity contribution in [1.29, 1.82) is 0 Å². The Morgan fingerprint density at radius 1 is 1.25 bits per heavy atom. The van der Waals surface area contributed by atoms with Gasteiger partial charge < -0.3 is 14.4 Å². The molecule has 0 bridgehead atoms. The Kier molecular flexibility index (Phi) is 4.13. The van der Waals surface area contributed by atoms with Crippen molar-refractivity contribution in [1.82, 2.24) is 19.4 Å². The van der Waals surface area contributed by atoms with Crippen LogP contribution in [0.15, 0.2) is 30.5 Å². The predicted octanol–water partition coefficient (Wildman–Crippen LogP) is 2.11. The normalized spacial score (nSPS) is 16.7. The van der Waals surface area contributed by atoms with E-state index in [1.807, 2.05) is 47.6 Å². The van der Waals surface area contributed by atoms with Crippen LogP contribution in [-0.4, -0.2) is 51.8 Å². The molecular weight excluding hydrogens is 304 g/mol. The summed E-state index contributed by atoms with van der Waals surface area (Å²) in [5.41, 5.74) is 2.17. The molecule has 0 unspecified atom stereocenters. The Morgan fingerprint density at radius 3 is 2.67 bits per heavy atom. The molecule has 0 spiro atoms. The first-order chi connectivity index (χ1) is 11.4. The Morgan fingerprint density at radius 2 is 2.00 bits per heavy atom. The lowest BCUT2D eigenvalue weighted by Crippen LogP contribution is -2.41. The lowest BCUT2D eigenvalue weighted by Gasteiger charge is -2.33. The first kappa shape index (κ1) is 16.2. The van der Waals surface area contributed by atoms with Gasteiger partial charge in [0.05, 0.1) is 6.04 Å². The number of nitrogens with zero attached hydrogens (tertiary/aromatic N) is 4. The van der Waals surface area contributed by atoms with E-state index in [4.69, 9.17) is 0 Å². The van der Waals surface area contributed by atoms with Crippen molar-refractivity contribution in [2.45, 2.75) is 26.4 Å². The summed E-state index contributed by atoms with van der Waals surface area (Å²) in [6, 6.07) is 7.44. The fraction of sp³-hybridized carbons (Fsp3) is 0.389. The van der Waals surface area contributed by atoms with Crippen LogP contribution in [0.5, 0.6) is 0 Å². The van der Waals surface area contributed by atoms with Crippen molar-refractivity contribution < 1.29 is 9.59 Å². The van der Waals surface area contributed by atoms with Crippen LogP contribution in [0, 0.1) is 6.92 Å². The van der Waals surface area contributed by atoms with Gasteiger partial charge in [-0.1, -0.05) is 17.7 Å². The third-order valence-corrected chi connectivity index (χ3v) is 4.38. The van der Waals surface area contributed by atoms with E-state index in [-0.39, 0.29) is 17.9 Å². The molecule has 2 heterocycles. The number of aromatic nitrogens is 2. The second-order valence-corrected chi connectivity index (χ2v) is 6.42. The minimum absolute atomic E-state index is 0.000867. The van der Waals surface area contributed by atoms with Crippen LogP contribution in [-0.2, 0) is 6.54 Å². The van der Waals surface area contributed by atoms with Crippen molar-refractivity contribution >= 4 is 11.8 Å². The minimum Gasteiger partial charge on any atom is -0.343 e. The molecule has 0 N–H and O–H groups in total. The highest BCUT2D eigenvalue weighted by Gasteiger charge is 2.31. The van der Waals surface area contributed by atoms with Gasteiger partial charge in [0.15, 0.2) is 0 Å². The van der Waals surface area contributed by atoms with Crippen molar-refractivity contribution in [2.75, 3.05) is 20.6 Å². The second kappa shape index (κ2) is 6.11. The number of rotatable bonds is 2. The highest BCUT2D eigenvalue weighted by atomic mass is 16.2. The molecule has 1 atom stereocenters. The highest BCUT2D eigenvalue weighted by Crippen LogP contribution is 2.26. The van der Waals surface area contributed by atoms with E-state index in [0.717, 1.165) is 11.4 Å². The number of fused-ring (bicyclic) bond motifs is 1. The van der Waals surface area contributed by atoms with Crippen molar-refractivity contribution in [3.63, 3.8) is 0 Å². The molecule has 0 radical (unpaired) electrons. The largest absolute Gasteiger partial charge is 0.343 e. The zero-order valence-corrected chi connectivity index (χ0v) is 14.5. The van der Waals surface area contributed by atoms with Crippen molar-refractivity contribution in [3.8, 4) is 0 Å². The predicted molar refractivity (Wildman–Crippen MR) is 90.9 cm³/mol. The van der Waals surface area contributed by atoms with Gasteiger partial charge in [0, 0.05) is 38.9 Å². The number of carbonyl (C=O) groups excluding carboxylic acids is 2. The Bertz CT molecular complexity index is 794. The number of carbonyl (C=O) groups is 2. The van der Waals surface area contributed by atoms with Gasteiger partial charge in [-0.3, -0.25) is 9.59 Å². The van der Waals surface area contributed by atoms with E-state index in [1.54, 1.807) is 20.3 Å². The third-order valence-electron chi connectivity index (χ3n) is 4.38. The molecule has 1 aromatic carbocycles. The van der Waals surface area contributed by atoms with Gasteiger partial charge in [-0.15, -0.1) is 0 Å². The first-order valence-corrected chi connectivity index (χ1v) is 8.05. The lowest BCUT2D eigenvalue weighted by molar-refractivity contribution is 0.0637. The first-order valence-electron chi connectivity index (χ1n) is 8.05. The average molecular weight is 326 g/mol. The molecule has 126 valence electrons. The van der Waals surface area contributed by atoms with Crippen LogP contribution in [0.25, 0.3) is 0 Å². The van der Waals surface area contributed by atoms with Crippen LogP contribution < -0.4 is 0 Å². The fourth-order valence-corrected chi connectivity index (χ4v) is 3.04. The summed E-state index contributed by atoms with van der Waals surface area (Å²) in [6.07, 6.45) is 1.78. The summed E-state index contributed by atoms with van der Waals surface area (Å²) >= 11 is 0. The van der Waals surface area contributed by atoms with E-state index in [0.29, 0.717) is 24.3 Å². The van der Waals surface area contributed by atoms with Crippen molar-refractivity contribution in [3.05, 3.63) is 53.1 Å². The maximum absolute atomic E-state index is 12.8. The lowest BCUT2D eigenvalue weighted by atomic mass is 10.1. The SMILES string of the molecule is Cc1cccc(C(=O)N2CCn3cc(C(=O)N(C)C)nc3[C@@H]2C)c1. The van der Waals surface area contributed by atoms with Crippen molar-refractivity contribution in [2.24, 2.45) is 0 Å². The van der Waals surface area contributed by atoms with Gasteiger partial charge in [-0.2, -0.15) is 0 Å². The smallest absolute Gasteiger partial charge is 0.273 e. The summed E-state index contributed by atoms with van der Waals surface area (Å²) in [5.74, 6) is 0.633. The fourth-order valence-electron chi connectivity index (χ4n) is 3.04. The second-order valence-electron chi connectivity index (χ2n) is 6.42. The van der Waals surface area contributed by atoms with Gasteiger partial charge in [-0.25, -0.2) is 4.98 Å². The molecule has 2 amide bonds. The van der Waals surface area contributed by atoms with E-state index < -0.39 is 0 Å². The van der Waals surface area contributed by atoms with Gasteiger partial charge >= 0.3 is 0 Å². The van der Waals surface area contributed by atoms with E-state index in [1.165, 1.54) is 4.90 Å². The molecule has 0 fully saturated rings. The molecule has 1 aromatic heterocycles. The Balaban J connectivity index is 1.88. The van der Waals surface area contributed by atoms with Crippen LogP contribution in [0.4, 0.5) is 0 Å². The molecule has 3 rings (SSSR count). The monoisotopic (exact) mass is 326 g/mol. The molecule has 0 aliphatic carbocycles.